The van der Waals surface area contributed by atoms with Crippen LogP contribution < -0.4 is 10.6 Å². The highest BCUT2D eigenvalue weighted by Gasteiger charge is 2.09. The molecule has 0 spiro atoms. The molecule has 7 nitrogen and oxygen atoms in total. The van der Waals surface area contributed by atoms with Crippen LogP contribution in [-0.4, -0.2) is 35.5 Å². The summed E-state index contributed by atoms with van der Waals surface area (Å²) in [6.45, 7) is 4.93. The van der Waals surface area contributed by atoms with Crippen molar-refractivity contribution in [3.8, 4) is 0 Å². The summed E-state index contributed by atoms with van der Waals surface area (Å²) < 4.78 is 4.62. The predicted octanol–water partition coefficient (Wildman–Crippen LogP) is 2.58. The fourth-order valence-electron chi connectivity index (χ4n) is 1.84. The lowest BCUT2D eigenvalue weighted by Gasteiger charge is -2.08. The number of nitrogens with one attached hydrogen (secondary N) is 2. The fourth-order valence-corrected chi connectivity index (χ4v) is 1.84. The fraction of sp³-hybridized carbons (Fsp3) is 0.294. The lowest BCUT2D eigenvalue weighted by molar-refractivity contribution is 0.0600. The average Bonchev–Trinajstić information content (AvgIpc) is 2.60. The second kappa shape index (κ2) is 8.05. The summed E-state index contributed by atoms with van der Waals surface area (Å²) in [4.78, 5) is 31.8. The number of methoxy groups -OCH3 is 1. The number of amides is 1. The molecule has 2 rings (SSSR count). The molecule has 0 bridgehead atoms. The predicted molar refractivity (Wildman–Crippen MR) is 91.1 cm³/mol. The van der Waals surface area contributed by atoms with E-state index >= 15 is 0 Å². The van der Waals surface area contributed by atoms with Gasteiger partial charge in [-0.05, 0) is 30.2 Å². The van der Waals surface area contributed by atoms with Gasteiger partial charge in [0.2, 0.25) is 5.95 Å². The van der Waals surface area contributed by atoms with E-state index in [1.54, 1.807) is 24.3 Å². The number of hydrogen-bond acceptors (Lipinski definition) is 6. The van der Waals surface area contributed by atoms with Gasteiger partial charge >= 0.3 is 5.97 Å². The molecule has 0 saturated heterocycles. The smallest absolute Gasteiger partial charge is 0.337 e. The molecular weight excluding hydrogens is 308 g/mol. The van der Waals surface area contributed by atoms with Crippen molar-refractivity contribution in [2.45, 2.75) is 13.8 Å². The highest BCUT2D eigenvalue weighted by molar-refractivity contribution is 6.04. The van der Waals surface area contributed by atoms with Gasteiger partial charge in [0.15, 0.2) is 0 Å². The highest BCUT2D eigenvalue weighted by atomic mass is 16.5. The number of anilines is 2. The quantitative estimate of drug-likeness (QED) is 0.792. The molecule has 1 aromatic carbocycles. The minimum absolute atomic E-state index is 0.323. The molecular formula is C17H20N4O3. The first-order valence-corrected chi connectivity index (χ1v) is 7.55. The molecule has 2 N–H and O–H groups in total. The second-order valence-corrected chi connectivity index (χ2v) is 5.59. The summed E-state index contributed by atoms with van der Waals surface area (Å²) >= 11 is 0. The maximum Gasteiger partial charge on any atom is 0.337 e. The molecule has 0 radical (unpaired) electrons. The number of esters is 1. The summed E-state index contributed by atoms with van der Waals surface area (Å²) in [7, 11) is 1.32. The Labute approximate surface area is 140 Å². The summed E-state index contributed by atoms with van der Waals surface area (Å²) in [5.41, 5.74) is 1.33. The van der Waals surface area contributed by atoms with Crippen LogP contribution in [0.25, 0.3) is 0 Å². The number of carbonyl (C=O) groups is 2. The largest absolute Gasteiger partial charge is 0.465 e. The molecule has 0 atom stereocenters. The van der Waals surface area contributed by atoms with Crippen molar-refractivity contribution in [3.63, 3.8) is 0 Å². The molecule has 1 heterocycles. The minimum atomic E-state index is -0.425. The Hall–Kier alpha value is -2.96. The first kappa shape index (κ1) is 17.4. The van der Waals surface area contributed by atoms with E-state index in [0.717, 1.165) is 6.54 Å². The Morgan fingerprint density at radius 3 is 2.25 bits per heavy atom. The third-order valence-corrected chi connectivity index (χ3v) is 3.15. The van der Waals surface area contributed by atoms with Crippen LogP contribution in [0.3, 0.4) is 0 Å². The molecule has 0 aliphatic heterocycles. The van der Waals surface area contributed by atoms with Gasteiger partial charge in [-0.1, -0.05) is 13.8 Å². The molecule has 0 fully saturated rings. The Kier molecular flexibility index (Phi) is 5.83. The van der Waals surface area contributed by atoms with Crippen LogP contribution in [0.2, 0.25) is 0 Å². The third kappa shape index (κ3) is 4.77. The summed E-state index contributed by atoms with van der Waals surface area (Å²) in [6, 6.07) is 6.42. The van der Waals surface area contributed by atoms with Gasteiger partial charge in [-0.2, -0.15) is 0 Å². The monoisotopic (exact) mass is 328 g/mol. The summed E-state index contributed by atoms with van der Waals surface area (Å²) in [5, 5.41) is 5.81. The molecule has 1 aromatic heterocycles. The number of carbonyl (C=O) groups excluding carboxylic acids is 2. The maximum absolute atomic E-state index is 12.2. The zero-order valence-corrected chi connectivity index (χ0v) is 13.9. The van der Waals surface area contributed by atoms with E-state index in [0.29, 0.717) is 28.7 Å². The Bertz CT molecular complexity index is 697. The van der Waals surface area contributed by atoms with Crippen molar-refractivity contribution in [2.24, 2.45) is 5.92 Å². The topological polar surface area (TPSA) is 93.2 Å². The van der Waals surface area contributed by atoms with Gasteiger partial charge in [-0.25, -0.2) is 14.8 Å². The van der Waals surface area contributed by atoms with Gasteiger partial charge in [0, 0.05) is 24.6 Å². The van der Waals surface area contributed by atoms with Crippen LogP contribution in [-0.2, 0) is 4.74 Å². The van der Waals surface area contributed by atoms with E-state index in [9.17, 15) is 9.59 Å². The first-order chi connectivity index (χ1) is 11.5. The van der Waals surface area contributed by atoms with E-state index in [1.807, 2.05) is 0 Å². The number of ether oxygens (including phenoxy) is 1. The van der Waals surface area contributed by atoms with Gasteiger partial charge in [0.1, 0.15) is 0 Å². The van der Waals surface area contributed by atoms with Crippen molar-refractivity contribution in [1.29, 1.82) is 0 Å². The number of hydrogen-bond donors (Lipinski definition) is 2. The van der Waals surface area contributed by atoms with Crippen LogP contribution >= 0.6 is 0 Å². The molecule has 0 unspecified atom stereocenters. The van der Waals surface area contributed by atoms with Crippen LogP contribution in [0, 0.1) is 5.92 Å². The molecule has 2 aromatic rings. The van der Waals surface area contributed by atoms with Crippen molar-refractivity contribution < 1.29 is 14.3 Å². The second-order valence-electron chi connectivity index (χ2n) is 5.59. The van der Waals surface area contributed by atoms with Gasteiger partial charge < -0.3 is 15.4 Å². The molecule has 0 saturated carbocycles. The standard InChI is InChI=1S/C17H20N4O3/c1-11(2)8-18-17-19-9-13(10-20-17)15(22)21-14-6-4-12(5-7-14)16(23)24-3/h4-7,9-11H,8H2,1-3H3,(H,21,22)(H,18,19,20). The zero-order chi connectivity index (χ0) is 17.5. The van der Waals surface area contributed by atoms with Crippen molar-refractivity contribution >= 4 is 23.5 Å². The molecule has 24 heavy (non-hydrogen) atoms. The van der Waals surface area contributed by atoms with Crippen molar-refractivity contribution in [2.75, 3.05) is 24.3 Å². The first-order valence-electron chi connectivity index (χ1n) is 7.55. The number of benzene rings is 1. The number of nitrogens with zero attached hydrogens (tertiary/aromatic N) is 2. The molecule has 126 valence electrons. The Morgan fingerprint density at radius 1 is 1.08 bits per heavy atom. The lowest BCUT2D eigenvalue weighted by atomic mass is 10.2. The lowest BCUT2D eigenvalue weighted by Crippen LogP contribution is -2.15. The summed E-state index contributed by atoms with van der Waals surface area (Å²) in [5.74, 6) is 0.217. The van der Waals surface area contributed by atoms with Crippen LogP contribution in [0.15, 0.2) is 36.7 Å². The Morgan fingerprint density at radius 2 is 1.71 bits per heavy atom. The van der Waals surface area contributed by atoms with Crippen molar-refractivity contribution in [3.05, 3.63) is 47.8 Å². The van der Waals surface area contributed by atoms with Gasteiger partial charge in [0.25, 0.3) is 5.91 Å². The third-order valence-electron chi connectivity index (χ3n) is 3.15. The highest BCUT2D eigenvalue weighted by Crippen LogP contribution is 2.12. The molecule has 7 heteroatoms. The van der Waals surface area contributed by atoms with E-state index < -0.39 is 5.97 Å². The number of aromatic nitrogens is 2. The van der Waals surface area contributed by atoms with Crippen LogP contribution in [0.1, 0.15) is 34.6 Å². The maximum atomic E-state index is 12.2. The average molecular weight is 328 g/mol. The Balaban J connectivity index is 1.97. The van der Waals surface area contributed by atoms with Crippen molar-refractivity contribution in [1.82, 2.24) is 9.97 Å². The van der Waals surface area contributed by atoms with E-state index in [-0.39, 0.29) is 5.91 Å². The van der Waals surface area contributed by atoms with E-state index in [4.69, 9.17) is 0 Å². The van der Waals surface area contributed by atoms with Crippen LogP contribution in [0.5, 0.6) is 0 Å². The number of rotatable bonds is 6. The molecule has 0 aliphatic carbocycles. The van der Waals surface area contributed by atoms with E-state index in [1.165, 1.54) is 19.5 Å². The van der Waals surface area contributed by atoms with Crippen LogP contribution in [0.4, 0.5) is 11.6 Å². The normalized spacial score (nSPS) is 10.3. The molecule has 0 aliphatic rings. The SMILES string of the molecule is COC(=O)c1ccc(NC(=O)c2cnc(NCC(C)C)nc2)cc1. The minimum Gasteiger partial charge on any atom is -0.465 e. The molecule has 1 amide bonds. The van der Waals surface area contributed by atoms with Gasteiger partial charge in [-0.15, -0.1) is 0 Å². The van der Waals surface area contributed by atoms with E-state index in [2.05, 4.69) is 39.2 Å². The van der Waals surface area contributed by atoms with Gasteiger partial charge in [-0.3, -0.25) is 4.79 Å². The summed E-state index contributed by atoms with van der Waals surface area (Å²) in [6.07, 6.45) is 2.93. The van der Waals surface area contributed by atoms with Gasteiger partial charge in [0.05, 0.1) is 18.2 Å². The zero-order valence-electron chi connectivity index (χ0n) is 13.9.